The summed E-state index contributed by atoms with van der Waals surface area (Å²) >= 11 is 1.62. The highest BCUT2D eigenvalue weighted by Gasteiger charge is 2.30. The van der Waals surface area contributed by atoms with E-state index in [4.69, 9.17) is 14.9 Å². The quantitative estimate of drug-likeness (QED) is 0.179. The Morgan fingerprint density at radius 3 is 2.40 bits per heavy atom. The minimum absolute atomic E-state index is 0.165. The highest BCUT2D eigenvalue weighted by atomic mass is 32.2. The Morgan fingerprint density at radius 1 is 1.12 bits per heavy atom. The second-order valence-corrected chi connectivity index (χ2v) is 7.34. The number of unbranched alkanes of at least 4 members (excludes halogenated alkanes) is 2. The zero-order valence-corrected chi connectivity index (χ0v) is 14.8. The SMILES string of the molecule is O=C(O)C1CSC(CCCCCOC[C@@H](O)[C@@H](O)[C@H](O)[C@H](O)CO)N1. The number of carbonyl (C=O) groups is 1. The molecule has 148 valence electrons. The van der Waals surface area contributed by atoms with E-state index in [2.05, 4.69) is 5.32 Å². The zero-order chi connectivity index (χ0) is 18.8. The van der Waals surface area contributed by atoms with Crippen molar-refractivity contribution in [3.05, 3.63) is 0 Å². The third kappa shape index (κ3) is 8.18. The van der Waals surface area contributed by atoms with Gasteiger partial charge in [0.25, 0.3) is 0 Å². The van der Waals surface area contributed by atoms with Gasteiger partial charge in [-0.15, -0.1) is 11.8 Å². The number of hydrogen-bond donors (Lipinski definition) is 7. The van der Waals surface area contributed by atoms with Gasteiger partial charge in [-0.1, -0.05) is 12.8 Å². The third-order valence-electron chi connectivity index (χ3n) is 4.02. The largest absolute Gasteiger partial charge is 0.480 e. The molecule has 0 amide bonds. The molecule has 0 aromatic rings. The minimum Gasteiger partial charge on any atom is -0.480 e. The van der Waals surface area contributed by atoms with Crippen LogP contribution in [0.4, 0.5) is 0 Å². The Hall–Kier alpha value is -0.460. The van der Waals surface area contributed by atoms with Crippen LogP contribution in [0.3, 0.4) is 0 Å². The average molecular weight is 383 g/mol. The third-order valence-corrected chi connectivity index (χ3v) is 5.32. The zero-order valence-electron chi connectivity index (χ0n) is 14.0. The summed E-state index contributed by atoms with van der Waals surface area (Å²) in [5.74, 6) is -0.235. The van der Waals surface area contributed by atoms with Gasteiger partial charge in [0.15, 0.2) is 0 Å². The normalized spacial score (nSPS) is 25.5. The number of hydrogen-bond acceptors (Lipinski definition) is 9. The Morgan fingerprint density at radius 2 is 1.80 bits per heavy atom. The molecule has 6 atom stereocenters. The molecule has 0 aromatic heterocycles. The van der Waals surface area contributed by atoms with Crippen molar-refractivity contribution in [3.8, 4) is 0 Å². The summed E-state index contributed by atoms with van der Waals surface area (Å²) in [6.07, 6.45) is -2.68. The van der Waals surface area contributed by atoms with E-state index in [-0.39, 0.29) is 12.0 Å². The summed E-state index contributed by atoms with van der Waals surface area (Å²) in [6.45, 7) is -0.519. The summed E-state index contributed by atoms with van der Waals surface area (Å²) in [5, 5.41) is 58.7. The molecule has 0 aliphatic carbocycles. The van der Waals surface area contributed by atoms with Crippen LogP contribution in [-0.2, 0) is 9.53 Å². The number of nitrogens with one attached hydrogen (secondary N) is 1. The van der Waals surface area contributed by atoms with Gasteiger partial charge in [-0.3, -0.25) is 10.1 Å². The molecule has 1 heterocycles. The maximum Gasteiger partial charge on any atom is 0.321 e. The molecule has 0 saturated carbocycles. The van der Waals surface area contributed by atoms with Crippen LogP contribution in [-0.4, -0.2) is 98.0 Å². The number of ether oxygens (including phenoxy) is 1. The molecule has 1 aliphatic heterocycles. The van der Waals surface area contributed by atoms with Gasteiger partial charge in [-0.05, 0) is 12.8 Å². The Labute approximate surface area is 151 Å². The lowest BCUT2D eigenvalue weighted by atomic mass is 10.0. The summed E-state index contributed by atoms with van der Waals surface area (Å²) in [6, 6.07) is -0.467. The second-order valence-electron chi connectivity index (χ2n) is 6.10. The van der Waals surface area contributed by atoms with Gasteiger partial charge >= 0.3 is 5.97 Å². The van der Waals surface area contributed by atoms with E-state index in [1.807, 2.05) is 0 Å². The molecule has 7 N–H and O–H groups in total. The monoisotopic (exact) mass is 383 g/mol. The lowest BCUT2D eigenvalue weighted by molar-refractivity contribution is -0.138. The number of rotatable bonds is 13. The first-order valence-electron chi connectivity index (χ1n) is 8.38. The van der Waals surface area contributed by atoms with E-state index in [0.29, 0.717) is 12.4 Å². The minimum atomic E-state index is -1.64. The fraction of sp³-hybridized carbons (Fsp3) is 0.933. The number of aliphatic carboxylic acids is 1. The van der Waals surface area contributed by atoms with E-state index in [9.17, 15) is 25.2 Å². The first-order valence-corrected chi connectivity index (χ1v) is 9.43. The fourth-order valence-corrected chi connectivity index (χ4v) is 3.68. The summed E-state index contributed by atoms with van der Waals surface area (Å²) < 4.78 is 5.24. The van der Waals surface area contributed by atoms with Gasteiger partial charge in [0.2, 0.25) is 0 Å². The van der Waals surface area contributed by atoms with Crippen molar-refractivity contribution in [2.75, 3.05) is 25.6 Å². The van der Waals surface area contributed by atoms with Gasteiger partial charge in [-0.2, -0.15) is 0 Å². The van der Waals surface area contributed by atoms with Crippen LogP contribution in [0, 0.1) is 0 Å². The van der Waals surface area contributed by atoms with E-state index in [1.165, 1.54) is 0 Å². The van der Waals surface area contributed by atoms with Crippen LogP contribution in [0.1, 0.15) is 25.7 Å². The van der Waals surface area contributed by atoms with Crippen molar-refractivity contribution in [1.82, 2.24) is 5.32 Å². The second kappa shape index (κ2) is 12.0. The van der Waals surface area contributed by atoms with Crippen LogP contribution < -0.4 is 5.32 Å². The molecule has 1 saturated heterocycles. The molecule has 25 heavy (non-hydrogen) atoms. The standard InChI is InChI=1S/C15H29NO8S/c17-6-10(18)13(20)14(21)11(19)7-24-5-3-1-2-4-12-16-9(8-25-12)15(22)23/h9-14,16-21H,1-8H2,(H,22,23)/t9?,10-,11-,12?,13-,14-/m1/s1. The van der Waals surface area contributed by atoms with Gasteiger partial charge < -0.3 is 35.4 Å². The van der Waals surface area contributed by atoms with Crippen LogP contribution in [0.2, 0.25) is 0 Å². The summed E-state index contributed by atoms with van der Waals surface area (Å²) in [4.78, 5) is 10.8. The topological polar surface area (TPSA) is 160 Å². The molecule has 9 nitrogen and oxygen atoms in total. The van der Waals surface area contributed by atoms with Crippen LogP contribution in [0.5, 0.6) is 0 Å². The van der Waals surface area contributed by atoms with Crippen LogP contribution in [0.25, 0.3) is 0 Å². The average Bonchev–Trinajstić information content (AvgIpc) is 3.07. The summed E-state index contributed by atoms with van der Waals surface area (Å²) in [7, 11) is 0. The van der Waals surface area contributed by atoms with Crippen LogP contribution in [0.15, 0.2) is 0 Å². The first-order chi connectivity index (χ1) is 11.9. The maximum absolute atomic E-state index is 10.8. The molecule has 0 radical (unpaired) electrons. The van der Waals surface area contributed by atoms with Gasteiger partial charge in [0.1, 0.15) is 30.5 Å². The van der Waals surface area contributed by atoms with E-state index in [0.717, 1.165) is 25.7 Å². The van der Waals surface area contributed by atoms with Crippen molar-refractivity contribution in [1.29, 1.82) is 0 Å². The van der Waals surface area contributed by atoms with E-state index in [1.54, 1.807) is 11.8 Å². The molecular weight excluding hydrogens is 354 g/mol. The molecule has 0 aromatic carbocycles. The number of aliphatic hydroxyl groups excluding tert-OH is 5. The molecule has 1 rings (SSSR count). The Balaban J connectivity index is 2.02. The lowest BCUT2D eigenvalue weighted by Crippen LogP contribution is -2.47. The van der Waals surface area contributed by atoms with Crippen molar-refractivity contribution >= 4 is 17.7 Å². The first kappa shape index (κ1) is 22.6. The Kier molecular flexibility index (Phi) is 10.9. The van der Waals surface area contributed by atoms with Gasteiger partial charge in [-0.25, -0.2) is 0 Å². The lowest BCUT2D eigenvalue weighted by Gasteiger charge is -2.25. The number of thioether (sulfide) groups is 1. The van der Waals surface area contributed by atoms with Crippen molar-refractivity contribution in [3.63, 3.8) is 0 Å². The molecule has 1 aliphatic rings. The molecule has 2 unspecified atom stereocenters. The van der Waals surface area contributed by atoms with Crippen molar-refractivity contribution in [2.45, 2.75) is 61.5 Å². The molecular formula is C15H29NO8S. The van der Waals surface area contributed by atoms with Crippen molar-refractivity contribution < 1.29 is 40.2 Å². The number of carboxylic acid groups (broad SMARTS) is 1. The van der Waals surface area contributed by atoms with Crippen molar-refractivity contribution in [2.24, 2.45) is 0 Å². The molecule has 10 heteroatoms. The summed E-state index contributed by atoms with van der Waals surface area (Å²) in [5.41, 5.74) is 0. The van der Waals surface area contributed by atoms with E-state index < -0.39 is 43.0 Å². The number of aliphatic hydroxyl groups is 5. The van der Waals surface area contributed by atoms with E-state index >= 15 is 0 Å². The van der Waals surface area contributed by atoms with Gasteiger partial charge in [0.05, 0.1) is 18.6 Å². The Bertz CT molecular complexity index is 389. The van der Waals surface area contributed by atoms with Crippen LogP contribution >= 0.6 is 11.8 Å². The molecule has 1 fully saturated rings. The molecule has 0 spiro atoms. The maximum atomic E-state index is 10.8. The highest BCUT2D eigenvalue weighted by molar-refractivity contribution is 8.00. The highest BCUT2D eigenvalue weighted by Crippen LogP contribution is 2.23. The predicted octanol–water partition coefficient (Wildman–Crippen LogP) is -1.88. The molecule has 0 bridgehead atoms. The predicted molar refractivity (Wildman–Crippen MR) is 91.2 cm³/mol. The smallest absolute Gasteiger partial charge is 0.321 e. The van der Waals surface area contributed by atoms with Gasteiger partial charge in [0, 0.05) is 12.4 Å². The fourth-order valence-electron chi connectivity index (χ4n) is 2.42. The number of carboxylic acids is 1.